The minimum atomic E-state index is 0.488. The van der Waals surface area contributed by atoms with Gasteiger partial charge in [0, 0.05) is 30.5 Å². The lowest BCUT2D eigenvalue weighted by molar-refractivity contribution is 0.405. The van der Waals surface area contributed by atoms with Crippen molar-refractivity contribution in [2.45, 2.75) is 13.8 Å². The van der Waals surface area contributed by atoms with Gasteiger partial charge >= 0.3 is 0 Å². The molecule has 0 saturated heterocycles. The van der Waals surface area contributed by atoms with Crippen LogP contribution >= 0.6 is 12.2 Å². The number of benzene rings is 2. The highest BCUT2D eigenvalue weighted by Gasteiger charge is 2.08. The van der Waals surface area contributed by atoms with Crippen molar-refractivity contribution in [3.63, 3.8) is 0 Å². The normalized spacial score (nSPS) is 10.1. The second-order valence-electron chi connectivity index (χ2n) is 5.36. The van der Waals surface area contributed by atoms with Crippen molar-refractivity contribution in [1.82, 2.24) is 0 Å². The average Bonchev–Trinajstić information content (AvgIpc) is 2.64. The number of hydrogen-bond acceptors (Lipinski definition) is 4. The fourth-order valence-corrected chi connectivity index (χ4v) is 2.77. The van der Waals surface area contributed by atoms with Crippen LogP contribution in [0.15, 0.2) is 42.5 Å². The number of methoxy groups -OCH3 is 2. The highest BCUT2D eigenvalue weighted by Crippen LogP contribution is 2.29. The number of anilines is 3. The van der Waals surface area contributed by atoms with Gasteiger partial charge in [-0.25, -0.2) is 0 Å². The second-order valence-corrected chi connectivity index (χ2v) is 5.77. The predicted octanol–water partition coefficient (Wildman–Crippen LogP) is 4.36. The summed E-state index contributed by atoms with van der Waals surface area (Å²) in [6, 6.07) is 13.7. The lowest BCUT2D eigenvalue weighted by atomic mass is 10.2. The molecule has 0 bridgehead atoms. The van der Waals surface area contributed by atoms with Crippen LogP contribution in [-0.4, -0.2) is 32.4 Å². The zero-order valence-corrected chi connectivity index (χ0v) is 15.9. The van der Waals surface area contributed by atoms with Gasteiger partial charge in [0.2, 0.25) is 0 Å². The Morgan fingerprint density at radius 3 is 2.20 bits per heavy atom. The maximum Gasteiger partial charge on any atom is 0.175 e. The Morgan fingerprint density at radius 2 is 1.64 bits per heavy atom. The molecule has 0 aliphatic rings. The molecule has 0 aliphatic heterocycles. The Balaban J connectivity index is 2.05. The van der Waals surface area contributed by atoms with Crippen LogP contribution in [0.5, 0.6) is 11.5 Å². The van der Waals surface area contributed by atoms with E-state index >= 15 is 0 Å². The monoisotopic (exact) mass is 359 g/mol. The molecule has 0 fully saturated rings. The highest BCUT2D eigenvalue weighted by molar-refractivity contribution is 7.80. The van der Waals surface area contributed by atoms with Crippen LogP contribution < -0.4 is 25.0 Å². The number of hydrogen-bond donors (Lipinski definition) is 2. The van der Waals surface area contributed by atoms with Crippen molar-refractivity contribution in [2.24, 2.45) is 0 Å². The van der Waals surface area contributed by atoms with Crippen LogP contribution in [0.3, 0.4) is 0 Å². The van der Waals surface area contributed by atoms with E-state index in [0.29, 0.717) is 10.9 Å². The van der Waals surface area contributed by atoms with Crippen molar-refractivity contribution >= 4 is 34.4 Å². The first-order valence-corrected chi connectivity index (χ1v) is 8.67. The van der Waals surface area contributed by atoms with E-state index in [1.807, 2.05) is 30.3 Å². The van der Waals surface area contributed by atoms with E-state index in [9.17, 15) is 0 Å². The fraction of sp³-hybridized carbons (Fsp3) is 0.316. The molecule has 2 aromatic carbocycles. The van der Waals surface area contributed by atoms with Crippen LogP contribution in [0.2, 0.25) is 0 Å². The van der Waals surface area contributed by atoms with Gasteiger partial charge < -0.3 is 25.0 Å². The van der Waals surface area contributed by atoms with E-state index in [1.54, 1.807) is 14.2 Å². The molecular formula is C19H25N3O2S. The first-order chi connectivity index (χ1) is 12.1. The van der Waals surface area contributed by atoms with Crippen molar-refractivity contribution in [1.29, 1.82) is 0 Å². The molecule has 0 aliphatic carbocycles. The number of ether oxygens (including phenoxy) is 2. The smallest absolute Gasteiger partial charge is 0.175 e. The largest absolute Gasteiger partial charge is 0.497 e. The first-order valence-electron chi connectivity index (χ1n) is 8.26. The van der Waals surface area contributed by atoms with Crippen LogP contribution in [-0.2, 0) is 0 Å². The third-order valence-corrected chi connectivity index (χ3v) is 4.11. The maximum atomic E-state index is 5.41. The summed E-state index contributed by atoms with van der Waals surface area (Å²) in [5.74, 6) is 1.43. The second kappa shape index (κ2) is 9.13. The molecule has 0 aromatic heterocycles. The van der Waals surface area contributed by atoms with E-state index in [0.717, 1.165) is 30.2 Å². The van der Waals surface area contributed by atoms with Crippen molar-refractivity contribution < 1.29 is 9.47 Å². The Labute approximate surface area is 154 Å². The van der Waals surface area contributed by atoms with Gasteiger partial charge in [0.1, 0.15) is 11.5 Å². The van der Waals surface area contributed by atoms with Crippen molar-refractivity contribution in [2.75, 3.05) is 42.8 Å². The van der Waals surface area contributed by atoms with Crippen molar-refractivity contribution in [3.8, 4) is 11.5 Å². The Bertz CT molecular complexity index is 700. The summed E-state index contributed by atoms with van der Waals surface area (Å²) in [6.45, 7) is 6.27. The van der Waals surface area contributed by atoms with E-state index in [2.05, 4.69) is 41.5 Å². The fourth-order valence-electron chi connectivity index (χ4n) is 2.54. The molecule has 134 valence electrons. The first kappa shape index (κ1) is 18.9. The Hall–Kier alpha value is -2.47. The van der Waals surface area contributed by atoms with Crippen LogP contribution in [0, 0.1) is 0 Å². The van der Waals surface area contributed by atoms with E-state index in [-0.39, 0.29) is 0 Å². The van der Waals surface area contributed by atoms with Gasteiger partial charge in [-0.3, -0.25) is 0 Å². The van der Waals surface area contributed by atoms with Crippen LogP contribution in [0.25, 0.3) is 0 Å². The number of nitrogens with zero attached hydrogens (tertiary/aromatic N) is 1. The summed E-state index contributed by atoms with van der Waals surface area (Å²) in [4.78, 5) is 2.29. The molecule has 0 unspecified atom stereocenters. The molecule has 6 heteroatoms. The summed E-state index contributed by atoms with van der Waals surface area (Å²) < 4.78 is 10.6. The van der Waals surface area contributed by atoms with E-state index < -0.39 is 0 Å². The average molecular weight is 359 g/mol. The minimum Gasteiger partial charge on any atom is -0.497 e. The molecule has 0 spiro atoms. The maximum absolute atomic E-state index is 5.41. The van der Waals surface area contributed by atoms with Gasteiger partial charge in [0.15, 0.2) is 5.11 Å². The molecule has 25 heavy (non-hydrogen) atoms. The Morgan fingerprint density at radius 1 is 0.960 bits per heavy atom. The standard InChI is InChI=1S/C19H25N3O2S/c1-5-22(6-2)15-9-7-14(8-10-15)20-19(25)21-17-13-16(23-3)11-12-18(17)24-4/h7-13H,5-6H2,1-4H3,(H2,20,21,25). The van der Waals surface area contributed by atoms with Gasteiger partial charge in [-0.05, 0) is 62.5 Å². The molecule has 0 amide bonds. The van der Waals surface area contributed by atoms with Gasteiger partial charge in [0.05, 0.1) is 19.9 Å². The third-order valence-electron chi connectivity index (χ3n) is 3.91. The predicted molar refractivity (Wildman–Crippen MR) is 109 cm³/mol. The molecule has 5 nitrogen and oxygen atoms in total. The summed E-state index contributed by atoms with van der Waals surface area (Å²) in [6.07, 6.45) is 0. The SMILES string of the molecule is CCN(CC)c1ccc(NC(=S)Nc2cc(OC)ccc2OC)cc1. The Kier molecular flexibility index (Phi) is 6.89. The van der Waals surface area contributed by atoms with Crippen molar-refractivity contribution in [3.05, 3.63) is 42.5 Å². The molecular weight excluding hydrogens is 334 g/mol. The number of nitrogens with one attached hydrogen (secondary N) is 2. The van der Waals surface area contributed by atoms with Crippen LogP contribution in [0.1, 0.15) is 13.8 Å². The summed E-state index contributed by atoms with van der Waals surface area (Å²) in [5, 5.41) is 6.82. The molecule has 0 atom stereocenters. The molecule has 2 N–H and O–H groups in total. The molecule has 0 saturated carbocycles. The summed E-state index contributed by atoms with van der Waals surface area (Å²) >= 11 is 5.41. The lowest BCUT2D eigenvalue weighted by Gasteiger charge is -2.21. The molecule has 2 aromatic rings. The van der Waals surface area contributed by atoms with Gasteiger partial charge in [-0.15, -0.1) is 0 Å². The topological polar surface area (TPSA) is 45.8 Å². The minimum absolute atomic E-state index is 0.488. The third kappa shape index (κ3) is 5.00. The molecule has 2 rings (SSSR count). The van der Waals surface area contributed by atoms with Gasteiger partial charge in [-0.2, -0.15) is 0 Å². The molecule has 0 heterocycles. The zero-order chi connectivity index (χ0) is 18.2. The van der Waals surface area contributed by atoms with Crippen LogP contribution in [0.4, 0.5) is 17.1 Å². The van der Waals surface area contributed by atoms with Gasteiger partial charge in [-0.1, -0.05) is 0 Å². The molecule has 0 radical (unpaired) electrons. The van der Waals surface area contributed by atoms with Gasteiger partial charge in [0.25, 0.3) is 0 Å². The zero-order valence-electron chi connectivity index (χ0n) is 15.1. The summed E-state index contributed by atoms with van der Waals surface area (Å²) in [7, 11) is 3.25. The quantitative estimate of drug-likeness (QED) is 0.716. The van der Waals surface area contributed by atoms with E-state index in [1.165, 1.54) is 5.69 Å². The number of rotatable bonds is 7. The summed E-state index contributed by atoms with van der Waals surface area (Å²) in [5.41, 5.74) is 2.87. The highest BCUT2D eigenvalue weighted by atomic mass is 32.1. The van der Waals surface area contributed by atoms with E-state index in [4.69, 9.17) is 21.7 Å². The lowest BCUT2D eigenvalue weighted by Crippen LogP contribution is -2.22. The number of thiocarbonyl (C=S) groups is 1.